The number of H-pyrrole nitrogens is 1. The largest absolute Gasteiger partial charge is 0.349 e. The fourth-order valence-electron chi connectivity index (χ4n) is 4.92. The number of likely N-dealkylation sites (tertiary alicyclic amines) is 1. The monoisotopic (exact) mass is 345 g/mol. The number of carbonyl (C=O) groups excluding carboxylic acids is 1. The highest BCUT2D eigenvalue weighted by Gasteiger charge is 2.38. The molecule has 2 aliphatic heterocycles. The molecule has 6 heteroatoms. The van der Waals surface area contributed by atoms with Crippen LogP contribution in [0.5, 0.6) is 0 Å². The molecular weight excluding hydrogens is 314 g/mol. The second kappa shape index (κ2) is 7.46. The van der Waals surface area contributed by atoms with Gasteiger partial charge in [-0.3, -0.25) is 14.8 Å². The summed E-state index contributed by atoms with van der Waals surface area (Å²) in [6, 6.07) is 0. The average molecular weight is 345 g/mol. The van der Waals surface area contributed by atoms with Gasteiger partial charge in [0.2, 0.25) is 0 Å². The normalized spacial score (nSPS) is 23.8. The summed E-state index contributed by atoms with van der Waals surface area (Å²) < 4.78 is 0. The van der Waals surface area contributed by atoms with E-state index in [0.717, 1.165) is 37.3 Å². The number of hydrogen-bond donors (Lipinski definition) is 3. The molecule has 0 aromatic carbocycles. The molecule has 1 aromatic rings. The number of hydrogen-bond acceptors (Lipinski definition) is 4. The summed E-state index contributed by atoms with van der Waals surface area (Å²) in [7, 11) is 0. The maximum Gasteiger partial charge on any atom is 0.272 e. The van der Waals surface area contributed by atoms with E-state index in [4.69, 9.17) is 0 Å². The molecule has 4 rings (SSSR count). The highest BCUT2D eigenvalue weighted by molar-refractivity contribution is 5.94. The van der Waals surface area contributed by atoms with Crippen LogP contribution in [-0.2, 0) is 13.0 Å². The first-order valence-corrected chi connectivity index (χ1v) is 10.1. The summed E-state index contributed by atoms with van der Waals surface area (Å²) in [4.78, 5) is 15.5. The summed E-state index contributed by atoms with van der Waals surface area (Å²) in [5.41, 5.74) is 2.93. The molecule has 0 radical (unpaired) electrons. The summed E-state index contributed by atoms with van der Waals surface area (Å²) in [5.74, 6) is -0.0110. The minimum atomic E-state index is -0.0110. The van der Waals surface area contributed by atoms with Gasteiger partial charge in [0.15, 0.2) is 5.69 Å². The van der Waals surface area contributed by atoms with E-state index in [-0.39, 0.29) is 11.4 Å². The van der Waals surface area contributed by atoms with Crippen molar-refractivity contribution in [2.75, 3.05) is 26.2 Å². The van der Waals surface area contributed by atoms with Gasteiger partial charge in [0.05, 0.1) is 0 Å². The van der Waals surface area contributed by atoms with E-state index in [1.165, 1.54) is 64.5 Å². The van der Waals surface area contributed by atoms with E-state index in [1.807, 2.05) is 0 Å². The maximum atomic E-state index is 12.8. The zero-order chi connectivity index (χ0) is 17.1. The molecule has 1 amide bonds. The number of aromatic amines is 1. The van der Waals surface area contributed by atoms with Crippen LogP contribution in [0.2, 0.25) is 0 Å². The van der Waals surface area contributed by atoms with Crippen molar-refractivity contribution < 1.29 is 4.79 Å². The zero-order valence-electron chi connectivity index (χ0n) is 15.2. The van der Waals surface area contributed by atoms with Crippen LogP contribution in [0.4, 0.5) is 0 Å². The number of amides is 1. The van der Waals surface area contributed by atoms with Gasteiger partial charge in [0.1, 0.15) is 0 Å². The lowest BCUT2D eigenvalue weighted by Gasteiger charge is -2.48. The third-order valence-corrected chi connectivity index (χ3v) is 6.41. The van der Waals surface area contributed by atoms with E-state index < -0.39 is 0 Å². The molecule has 1 saturated carbocycles. The number of carbonyl (C=O) groups is 1. The third kappa shape index (κ3) is 3.47. The number of fused-ring (bicyclic) bond motifs is 1. The number of rotatable bonds is 4. The SMILES string of the molecule is O=C(NCC1(N2CCCCC2)CCCCC1)c1n[nH]c2c1CNCC2. The fraction of sp³-hybridized carbons (Fsp3) is 0.789. The predicted molar refractivity (Wildman–Crippen MR) is 97.6 cm³/mol. The van der Waals surface area contributed by atoms with Crippen LogP contribution in [0.3, 0.4) is 0 Å². The fourth-order valence-corrected chi connectivity index (χ4v) is 4.92. The number of piperidine rings is 1. The van der Waals surface area contributed by atoms with Gasteiger partial charge in [-0.25, -0.2) is 0 Å². The van der Waals surface area contributed by atoms with Gasteiger partial charge in [-0.1, -0.05) is 25.7 Å². The Hall–Kier alpha value is -1.40. The minimum Gasteiger partial charge on any atom is -0.349 e. The van der Waals surface area contributed by atoms with Gasteiger partial charge >= 0.3 is 0 Å². The Bertz CT molecular complexity index is 599. The lowest BCUT2D eigenvalue weighted by molar-refractivity contribution is 0.0326. The Morgan fingerprint density at radius 3 is 2.68 bits per heavy atom. The zero-order valence-corrected chi connectivity index (χ0v) is 15.2. The molecule has 6 nitrogen and oxygen atoms in total. The van der Waals surface area contributed by atoms with E-state index >= 15 is 0 Å². The first-order valence-electron chi connectivity index (χ1n) is 10.1. The van der Waals surface area contributed by atoms with Crippen molar-refractivity contribution in [3.8, 4) is 0 Å². The van der Waals surface area contributed by atoms with Crippen LogP contribution in [0.25, 0.3) is 0 Å². The van der Waals surface area contributed by atoms with E-state index in [9.17, 15) is 4.79 Å². The third-order valence-electron chi connectivity index (χ3n) is 6.41. The molecule has 0 atom stereocenters. The Labute approximate surface area is 150 Å². The molecule has 3 N–H and O–H groups in total. The van der Waals surface area contributed by atoms with Crippen LogP contribution >= 0.6 is 0 Å². The van der Waals surface area contributed by atoms with Crippen LogP contribution in [0.1, 0.15) is 73.1 Å². The minimum absolute atomic E-state index is 0.0110. The van der Waals surface area contributed by atoms with Gasteiger partial charge in [-0.15, -0.1) is 0 Å². The topological polar surface area (TPSA) is 73.0 Å². The van der Waals surface area contributed by atoms with Crippen LogP contribution in [-0.4, -0.2) is 52.7 Å². The molecule has 0 spiro atoms. The number of aromatic nitrogens is 2. The molecule has 25 heavy (non-hydrogen) atoms. The number of nitrogens with one attached hydrogen (secondary N) is 3. The highest BCUT2D eigenvalue weighted by atomic mass is 16.2. The van der Waals surface area contributed by atoms with E-state index in [0.29, 0.717) is 5.69 Å². The average Bonchev–Trinajstić information content (AvgIpc) is 3.12. The Morgan fingerprint density at radius 2 is 1.88 bits per heavy atom. The Morgan fingerprint density at radius 1 is 1.12 bits per heavy atom. The second-order valence-electron chi connectivity index (χ2n) is 7.97. The first-order chi connectivity index (χ1) is 12.3. The smallest absolute Gasteiger partial charge is 0.272 e. The highest BCUT2D eigenvalue weighted by Crippen LogP contribution is 2.35. The van der Waals surface area contributed by atoms with Crippen molar-refractivity contribution in [3.63, 3.8) is 0 Å². The van der Waals surface area contributed by atoms with Crippen molar-refractivity contribution in [1.29, 1.82) is 0 Å². The van der Waals surface area contributed by atoms with Crippen LogP contribution in [0.15, 0.2) is 0 Å². The molecule has 1 saturated heterocycles. The maximum absolute atomic E-state index is 12.8. The van der Waals surface area contributed by atoms with Crippen molar-refractivity contribution >= 4 is 5.91 Å². The summed E-state index contributed by atoms with van der Waals surface area (Å²) >= 11 is 0. The van der Waals surface area contributed by atoms with Crippen LogP contribution in [0, 0.1) is 0 Å². The van der Waals surface area contributed by atoms with Gasteiger partial charge in [0, 0.05) is 42.9 Å². The molecule has 3 heterocycles. The summed E-state index contributed by atoms with van der Waals surface area (Å²) in [5, 5.41) is 14.0. The Balaban J connectivity index is 1.45. The Kier molecular flexibility index (Phi) is 5.08. The van der Waals surface area contributed by atoms with Gasteiger partial charge in [-0.05, 0) is 38.8 Å². The van der Waals surface area contributed by atoms with Gasteiger partial charge in [-0.2, -0.15) is 5.10 Å². The first kappa shape index (κ1) is 17.0. The molecule has 138 valence electrons. The molecule has 1 aromatic heterocycles. The van der Waals surface area contributed by atoms with Crippen molar-refractivity contribution in [3.05, 3.63) is 17.0 Å². The quantitative estimate of drug-likeness (QED) is 0.780. The second-order valence-corrected chi connectivity index (χ2v) is 7.97. The molecule has 0 unspecified atom stereocenters. The van der Waals surface area contributed by atoms with Crippen molar-refractivity contribution in [1.82, 2.24) is 25.7 Å². The number of nitrogens with zero attached hydrogens (tertiary/aromatic N) is 2. The molecular formula is C19H31N5O. The van der Waals surface area contributed by atoms with Crippen molar-refractivity contribution in [2.45, 2.75) is 69.9 Å². The molecule has 1 aliphatic carbocycles. The van der Waals surface area contributed by atoms with Crippen molar-refractivity contribution in [2.24, 2.45) is 0 Å². The van der Waals surface area contributed by atoms with Crippen LogP contribution < -0.4 is 10.6 Å². The lowest BCUT2D eigenvalue weighted by atomic mass is 9.79. The van der Waals surface area contributed by atoms with E-state index in [1.54, 1.807) is 0 Å². The van der Waals surface area contributed by atoms with Gasteiger partial charge < -0.3 is 10.6 Å². The molecule has 2 fully saturated rings. The lowest BCUT2D eigenvalue weighted by Crippen LogP contribution is -2.58. The molecule has 3 aliphatic rings. The summed E-state index contributed by atoms with van der Waals surface area (Å²) in [6.07, 6.45) is 11.2. The summed E-state index contributed by atoms with van der Waals surface area (Å²) in [6.45, 7) is 4.84. The van der Waals surface area contributed by atoms with E-state index in [2.05, 4.69) is 25.7 Å². The van der Waals surface area contributed by atoms with Gasteiger partial charge in [0.25, 0.3) is 5.91 Å². The molecule has 0 bridgehead atoms. The standard InChI is InChI=1S/C19H31N5O/c25-18(17-15-13-20-10-7-16(15)22-23-17)21-14-19(8-3-1-4-9-19)24-11-5-2-6-12-24/h20H,1-14H2,(H,21,25)(H,22,23). The predicted octanol–water partition coefficient (Wildman–Crippen LogP) is 1.97.